The van der Waals surface area contributed by atoms with E-state index in [-0.39, 0.29) is 6.42 Å². The molecule has 2 aromatic rings. The zero-order valence-corrected chi connectivity index (χ0v) is 12.1. The first kappa shape index (κ1) is 15.7. The van der Waals surface area contributed by atoms with Gasteiger partial charge in [0.05, 0.1) is 11.5 Å². The van der Waals surface area contributed by atoms with Crippen LogP contribution in [-0.4, -0.2) is 17.0 Å². The van der Waals surface area contributed by atoms with E-state index in [2.05, 4.69) is 5.32 Å². The van der Waals surface area contributed by atoms with Gasteiger partial charge in [-0.1, -0.05) is 12.1 Å². The van der Waals surface area contributed by atoms with E-state index in [0.29, 0.717) is 16.1 Å². The molecule has 0 unspecified atom stereocenters. The molecule has 0 aliphatic carbocycles. The number of aliphatic carboxylic acids is 1. The summed E-state index contributed by atoms with van der Waals surface area (Å²) in [6, 6.07) is 8.48. The maximum Gasteiger partial charge on any atom is 0.311 e. The van der Waals surface area contributed by atoms with Gasteiger partial charge in [-0.05, 0) is 29.1 Å². The van der Waals surface area contributed by atoms with Crippen molar-refractivity contribution in [1.29, 1.82) is 5.26 Å². The minimum absolute atomic E-state index is 0.302. The lowest BCUT2D eigenvalue weighted by atomic mass is 9.95. The minimum Gasteiger partial charge on any atom is -0.481 e. The molecule has 1 atom stereocenters. The Kier molecular flexibility index (Phi) is 4.86. The first-order valence-electron chi connectivity index (χ1n) is 6.27. The number of hydrogen-bond donors (Lipinski definition) is 2. The molecule has 0 aliphatic rings. The van der Waals surface area contributed by atoms with Gasteiger partial charge in [0.1, 0.15) is 16.9 Å². The number of rotatable bonds is 5. The fraction of sp³-hybridized carbons (Fsp3) is 0.133. The molecular formula is C15H11FN2O3S. The lowest BCUT2D eigenvalue weighted by Gasteiger charge is -2.12. The number of benzene rings is 1. The monoisotopic (exact) mass is 318 g/mol. The van der Waals surface area contributed by atoms with Crippen LogP contribution >= 0.6 is 11.3 Å². The molecule has 2 N–H and O–H groups in total. The molecule has 0 fully saturated rings. The largest absolute Gasteiger partial charge is 0.481 e. The van der Waals surface area contributed by atoms with E-state index in [1.54, 1.807) is 11.4 Å². The Bertz CT molecular complexity index is 734. The second-order valence-electron chi connectivity index (χ2n) is 4.47. The van der Waals surface area contributed by atoms with Crippen molar-refractivity contribution in [3.8, 4) is 6.07 Å². The highest BCUT2D eigenvalue weighted by molar-refractivity contribution is 7.14. The van der Waals surface area contributed by atoms with Crippen molar-refractivity contribution in [3.63, 3.8) is 0 Å². The number of nitriles is 1. The number of halogens is 1. The Balaban J connectivity index is 2.11. The van der Waals surface area contributed by atoms with E-state index >= 15 is 0 Å². The second kappa shape index (κ2) is 6.83. The average molecular weight is 318 g/mol. The highest BCUT2D eigenvalue weighted by atomic mass is 32.1. The number of nitrogens with zero attached hydrogens (tertiary/aromatic N) is 1. The quantitative estimate of drug-likeness (QED) is 0.887. The number of carbonyl (C=O) groups is 2. The van der Waals surface area contributed by atoms with Crippen LogP contribution in [0.3, 0.4) is 0 Å². The number of carboxylic acid groups (broad SMARTS) is 1. The predicted molar refractivity (Wildman–Crippen MR) is 79.1 cm³/mol. The molecule has 1 aromatic carbocycles. The predicted octanol–water partition coefficient (Wildman–Crippen LogP) is 2.96. The summed E-state index contributed by atoms with van der Waals surface area (Å²) in [7, 11) is 0. The highest BCUT2D eigenvalue weighted by Gasteiger charge is 2.24. The van der Waals surface area contributed by atoms with E-state index in [4.69, 9.17) is 5.26 Å². The second-order valence-corrected chi connectivity index (χ2v) is 5.39. The maximum absolute atomic E-state index is 12.9. The fourth-order valence-corrected chi connectivity index (χ4v) is 2.65. The summed E-state index contributed by atoms with van der Waals surface area (Å²) in [5.74, 6) is -3.25. The molecule has 1 heterocycles. The zero-order valence-electron chi connectivity index (χ0n) is 11.2. The van der Waals surface area contributed by atoms with E-state index in [0.717, 1.165) is 12.1 Å². The van der Waals surface area contributed by atoms with Gasteiger partial charge in [-0.2, -0.15) is 5.26 Å². The number of thiophene rings is 1. The summed E-state index contributed by atoms with van der Waals surface area (Å²) in [6.07, 6.45) is -0.302. The summed E-state index contributed by atoms with van der Waals surface area (Å²) >= 11 is 1.18. The van der Waals surface area contributed by atoms with Gasteiger partial charge in [-0.25, -0.2) is 4.39 Å². The van der Waals surface area contributed by atoms with E-state index in [9.17, 15) is 19.1 Å². The molecule has 0 saturated carbocycles. The molecular weight excluding hydrogens is 307 g/mol. The normalized spacial score (nSPS) is 11.5. The minimum atomic E-state index is -1.17. The van der Waals surface area contributed by atoms with E-state index in [1.807, 2.05) is 6.07 Å². The molecule has 0 radical (unpaired) electrons. The van der Waals surface area contributed by atoms with Gasteiger partial charge in [-0.15, -0.1) is 11.3 Å². The third-order valence-corrected chi connectivity index (χ3v) is 3.83. The molecule has 22 heavy (non-hydrogen) atoms. The maximum atomic E-state index is 12.9. The van der Waals surface area contributed by atoms with Gasteiger partial charge in [0.2, 0.25) is 5.91 Å². The summed E-state index contributed by atoms with van der Waals surface area (Å²) in [5.41, 5.74) is 0.669. The average Bonchev–Trinajstić information content (AvgIpc) is 2.92. The van der Waals surface area contributed by atoms with Crippen molar-refractivity contribution in [3.05, 3.63) is 52.7 Å². The van der Waals surface area contributed by atoms with Crippen molar-refractivity contribution < 1.29 is 19.1 Å². The molecule has 2 rings (SSSR count). The Morgan fingerprint density at radius 2 is 2.00 bits per heavy atom. The van der Waals surface area contributed by atoms with Crippen LogP contribution in [0.5, 0.6) is 0 Å². The number of anilines is 1. The Labute approximate surface area is 129 Å². The van der Waals surface area contributed by atoms with Gasteiger partial charge in [0.15, 0.2) is 0 Å². The van der Waals surface area contributed by atoms with Crippen LogP contribution < -0.4 is 5.32 Å². The summed E-state index contributed by atoms with van der Waals surface area (Å²) < 4.78 is 12.9. The van der Waals surface area contributed by atoms with E-state index < -0.39 is 23.6 Å². The van der Waals surface area contributed by atoms with Gasteiger partial charge in [0.25, 0.3) is 0 Å². The number of nitrogens with one attached hydrogen (secondary N) is 1. The molecule has 1 aromatic heterocycles. The topological polar surface area (TPSA) is 90.2 Å². The van der Waals surface area contributed by atoms with Crippen LogP contribution in [0, 0.1) is 17.1 Å². The number of hydrogen-bond acceptors (Lipinski definition) is 4. The third-order valence-electron chi connectivity index (χ3n) is 3.00. The van der Waals surface area contributed by atoms with Gasteiger partial charge in [0, 0.05) is 6.42 Å². The number of carboxylic acids is 1. The van der Waals surface area contributed by atoms with Crippen LogP contribution in [0.15, 0.2) is 35.7 Å². The molecule has 0 spiro atoms. The zero-order chi connectivity index (χ0) is 16.1. The summed E-state index contributed by atoms with van der Waals surface area (Å²) in [5, 5.41) is 22.7. The van der Waals surface area contributed by atoms with Gasteiger partial charge >= 0.3 is 5.97 Å². The smallest absolute Gasteiger partial charge is 0.311 e. The summed E-state index contributed by atoms with van der Waals surface area (Å²) in [6.45, 7) is 0. The van der Waals surface area contributed by atoms with Crippen molar-refractivity contribution >= 4 is 28.2 Å². The van der Waals surface area contributed by atoms with Crippen molar-refractivity contribution in [2.45, 2.75) is 12.3 Å². The highest BCUT2D eigenvalue weighted by Crippen LogP contribution is 2.25. The van der Waals surface area contributed by atoms with Crippen molar-refractivity contribution in [2.75, 3.05) is 5.32 Å². The SMILES string of the molecule is N#Cc1ccsc1NC(=O)C[C@@H](C(=O)O)c1ccc(F)cc1. The Hall–Kier alpha value is -2.72. The van der Waals surface area contributed by atoms with Crippen LogP contribution in [0.4, 0.5) is 9.39 Å². The van der Waals surface area contributed by atoms with Crippen molar-refractivity contribution in [2.24, 2.45) is 0 Å². The fourth-order valence-electron chi connectivity index (χ4n) is 1.90. The molecule has 0 aliphatic heterocycles. The Morgan fingerprint density at radius 3 is 2.59 bits per heavy atom. The van der Waals surface area contributed by atoms with Gasteiger partial charge in [-0.3, -0.25) is 9.59 Å². The lowest BCUT2D eigenvalue weighted by Crippen LogP contribution is -2.20. The first-order valence-corrected chi connectivity index (χ1v) is 7.15. The third kappa shape index (κ3) is 3.68. The molecule has 0 bridgehead atoms. The molecule has 5 nitrogen and oxygen atoms in total. The standard InChI is InChI=1S/C15H11FN2O3S/c16-11-3-1-9(2-4-11)12(15(20)21)7-13(19)18-14-10(8-17)5-6-22-14/h1-6,12H,7H2,(H,18,19)(H,20,21)/t12-/m1/s1. The van der Waals surface area contributed by atoms with Crippen LogP contribution in [-0.2, 0) is 9.59 Å². The van der Waals surface area contributed by atoms with Crippen LogP contribution in [0.2, 0.25) is 0 Å². The first-order chi connectivity index (χ1) is 10.5. The Morgan fingerprint density at radius 1 is 1.32 bits per heavy atom. The van der Waals surface area contributed by atoms with E-state index in [1.165, 1.54) is 23.5 Å². The number of carbonyl (C=O) groups excluding carboxylic acids is 1. The van der Waals surface area contributed by atoms with Crippen LogP contribution in [0.1, 0.15) is 23.5 Å². The van der Waals surface area contributed by atoms with Crippen molar-refractivity contribution in [1.82, 2.24) is 0 Å². The molecule has 112 valence electrons. The van der Waals surface area contributed by atoms with Crippen LogP contribution in [0.25, 0.3) is 0 Å². The lowest BCUT2D eigenvalue weighted by molar-refractivity contribution is -0.140. The summed E-state index contributed by atoms with van der Waals surface area (Å²) in [4.78, 5) is 23.3. The van der Waals surface area contributed by atoms with Gasteiger partial charge < -0.3 is 10.4 Å². The molecule has 7 heteroatoms. The molecule has 0 saturated heterocycles. The number of amides is 1. The molecule has 1 amide bonds.